The Bertz CT molecular complexity index is 459. The number of nitrogens with two attached hydrogens (primary N) is 1. The van der Waals surface area contributed by atoms with E-state index in [4.69, 9.17) is 5.73 Å². The summed E-state index contributed by atoms with van der Waals surface area (Å²) in [7, 11) is 1.91. The summed E-state index contributed by atoms with van der Waals surface area (Å²) in [6, 6.07) is 8.12. The van der Waals surface area contributed by atoms with E-state index in [9.17, 15) is 0 Å². The molecule has 4 heteroatoms. The maximum Gasteiger partial charge on any atom is 0.106 e. The number of rotatable bonds is 2. The Hall–Kier alpha value is -1.13. The van der Waals surface area contributed by atoms with E-state index in [0.29, 0.717) is 6.54 Å². The second kappa shape index (κ2) is 4.16. The van der Waals surface area contributed by atoms with E-state index < -0.39 is 0 Å². The van der Waals surface area contributed by atoms with Crippen molar-refractivity contribution in [2.24, 2.45) is 12.8 Å². The van der Waals surface area contributed by atoms with Gasteiger partial charge in [-0.05, 0) is 21.5 Å². The third kappa shape index (κ3) is 2.11. The van der Waals surface area contributed by atoms with Crippen molar-refractivity contribution < 1.29 is 0 Å². The molecular weight excluding hydrogens is 254 g/mol. The van der Waals surface area contributed by atoms with Gasteiger partial charge >= 0.3 is 0 Å². The first-order valence-electron chi connectivity index (χ1n) is 4.69. The zero-order valence-corrected chi connectivity index (χ0v) is 10.0. The zero-order valence-electron chi connectivity index (χ0n) is 8.44. The Kier molecular flexibility index (Phi) is 2.88. The predicted octanol–water partition coefficient (Wildman–Crippen LogP) is 2.31. The summed E-state index contributed by atoms with van der Waals surface area (Å²) in [5.74, 6) is 0. The Labute approximate surface area is 97.0 Å². The Morgan fingerprint density at radius 2 is 2.00 bits per heavy atom. The largest absolute Gasteiger partial charge is 0.326 e. The molecule has 1 heterocycles. The van der Waals surface area contributed by atoms with Gasteiger partial charge in [-0.2, -0.15) is 5.10 Å². The second-order valence-corrected chi connectivity index (χ2v) is 4.25. The molecule has 1 aromatic heterocycles. The van der Waals surface area contributed by atoms with Gasteiger partial charge in [-0.15, -0.1) is 0 Å². The van der Waals surface area contributed by atoms with Crippen molar-refractivity contribution in [3.63, 3.8) is 0 Å². The molecule has 0 atom stereocenters. The number of hydrogen-bond acceptors (Lipinski definition) is 2. The van der Waals surface area contributed by atoms with Crippen molar-refractivity contribution in [2.75, 3.05) is 0 Å². The van der Waals surface area contributed by atoms with E-state index >= 15 is 0 Å². The van der Waals surface area contributed by atoms with Gasteiger partial charge in [0, 0.05) is 25.4 Å². The first-order chi connectivity index (χ1) is 7.20. The molecule has 3 nitrogen and oxygen atoms in total. The minimum absolute atomic E-state index is 0.573. The molecule has 0 fully saturated rings. The molecule has 0 saturated carbocycles. The summed E-state index contributed by atoms with van der Waals surface area (Å²) in [4.78, 5) is 0. The fraction of sp³-hybridized carbons (Fsp3) is 0.182. The highest BCUT2D eigenvalue weighted by Gasteiger charge is 2.06. The summed E-state index contributed by atoms with van der Waals surface area (Å²) >= 11 is 3.48. The van der Waals surface area contributed by atoms with Crippen molar-refractivity contribution in [3.05, 3.63) is 40.5 Å². The van der Waals surface area contributed by atoms with E-state index in [-0.39, 0.29) is 0 Å². The molecule has 2 aromatic rings. The van der Waals surface area contributed by atoms with Crippen molar-refractivity contribution in [2.45, 2.75) is 6.54 Å². The van der Waals surface area contributed by atoms with Gasteiger partial charge < -0.3 is 5.73 Å². The Balaban J connectivity index is 2.41. The SMILES string of the molecule is Cn1cc(Br)c(-c2ccc(CN)cc2)n1. The summed E-state index contributed by atoms with van der Waals surface area (Å²) < 4.78 is 2.79. The molecule has 78 valence electrons. The van der Waals surface area contributed by atoms with Gasteiger partial charge in [0.05, 0.1) is 4.47 Å². The molecule has 0 spiro atoms. The van der Waals surface area contributed by atoms with Crippen LogP contribution in [0.25, 0.3) is 11.3 Å². The van der Waals surface area contributed by atoms with E-state index in [1.54, 1.807) is 4.68 Å². The van der Waals surface area contributed by atoms with Crippen LogP contribution in [-0.2, 0) is 13.6 Å². The molecule has 0 aliphatic rings. The quantitative estimate of drug-likeness (QED) is 0.906. The average Bonchev–Trinajstić information content (AvgIpc) is 2.58. The molecule has 0 unspecified atom stereocenters. The van der Waals surface area contributed by atoms with Crippen LogP contribution in [0.3, 0.4) is 0 Å². The van der Waals surface area contributed by atoms with Crippen LogP contribution < -0.4 is 5.73 Å². The average molecular weight is 266 g/mol. The van der Waals surface area contributed by atoms with Crippen LogP contribution in [0.15, 0.2) is 34.9 Å². The van der Waals surface area contributed by atoms with Crippen LogP contribution in [0.4, 0.5) is 0 Å². The molecule has 0 aliphatic carbocycles. The summed E-state index contributed by atoms with van der Waals surface area (Å²) in [5.41, 5.74) is 8.73. The third-order valence-electron chi connectivity index (χ3n) is 2.25. The molecule has 15 heavy (non-hydrogen) atoms. The number of benzene rings is 1. The second-order valence-electron chi connectivity index (χ2n) is 3.40. The van der Waals surface area contributed by atoms with Crippen molar-refractivity contribution in [3.8, 4) is 11.3 Å². The highest BCUT2D eigenvalue weighted by molar-refractivity contribution is 9.10. The van der Waals surface area contributed by atoms with E-state index in [1.807, 2.05) is 37.5 Å². The van der Waals surface area contributed by atoms with Crippen LogP contribution in [0.1, 0.15) is 5.56 Å². The zero-order chi connectivity index (χ0) is 10.8. The molecule has 1 aromatic carbocycles. The summed E-state index contributed by atoms with van der Waals surface area (Å²) in [6.45, 7) is 0.573. The van der Waals surface area contributed by atoms with Gasteiger partial charge in [0.25, 0.3) is 0 Å². The molecule has 0 bridgehead atoms. The lowest BCUT2D eigenvalue weighted by Gasteiger charge is -2.00. The van der Waals surface area contributed by atoms with Crippen LogP contribution in [0.2, 0.25) is 0 Å². The van der Waals surface area contributed by atoms with Crippen molar-refractivity contribution >= 4 is 15.9 Å². The molecule has 0 saturated heterocycles. The van der Waals surface area contributed by atoms with E-state index in [0.717, 1.165) is 21.3 Å². The normalized spacial score (nSPS) is 10.6. The first kappa shape index (κ1) is 10.4. The molecule has 2 rings (SSSR count). The Morgan fingerprint density at radius 1 is 1.33 bits per heavy atom. The lowest BCUT2D eigenvalue weighted by molar-refractivity contribution is 0.770. The molecule has 2 N–H and O–H groups in total. The highest BCUT2D eigenvalue weighted by Crippen LogP contribution is 2.26. The van der Waals surface area contributed by atoms with Crippen molar-refractivity contribution in [1.29, 1.82) is 0 Å². The number of hydrogen-bond donors (Lipinski definition) is 1. The number of aryl methyl sites for hydroxylation is 1. The summed E-state index contributed by atoms with van der Waals surface area (Å²) in [5, 5.41) is 4.37. The molecular formula is C11H12BrN3. The van der Waals surface area contributed by atoms with Crippen LogP contribution in [0, 0.1) is 0 Å². The van der Waals surface area contributed by atoms with Crippen molar-refractivity contribution in [1.82, 2.24) is 9.78 Å². The maximum absolute atomic E-state index is 5.54. The maximum atomic E-state index is 5.54. The van der Waals surface area contributed by atoms with Gasteiger partial charge in [-0.3, -0.25) is 4.68 Å². The minimum Gasteiger partial charge on any atom is -0.326 e. The summed E-state index contributed by atoms with van der Waals surface area (Å²) in [6.07, 6.45) is 1.94. The number of aromatic nitrogens is 2. The van der Waals surface area contributed by atoms with Gasteiger partial charge in [0.2, 0.25) is 0 Å². The van der Waals surface area contributed by atoms with Gasteiger partial charge in [0.1, 0.15) is 5.69 Å². The molecule has 0 radical (unpaired) electrons. The number of halogens is 1. The van der Waals surface area contributed by atoms with Gasteiger partial charge in [0.15, 0.2) is 0 Å². The highest BCUT2D eigenvalue weighted by atomic mass is 79.9. The lowest BCUT2D eigenvalue weighted by atomic mass is 10.1. The molecule has 0 amide bonds. The minimum atomic E-state index is 0.573. The van der Waals surface area contributed by atoms with Gasteiger partial charge in [-0.1, -0.05) is 24.3 Å². The van der Waals surface area contributed by atoms with Crippen LogP contribution in [0.5, 0.6) is 0 Å². The predicted molar refractivity (Wildman–Crippen MR) is 64.2 cm³/mol. The fourth-order valence-electron chi connectivity index (χ4n) is 1.45. The van der Waals surface area contributed by atoms with Gasteiger partial charge in [-0.25, -0.2) is 0 Å². The topological polar surface area (TPSA) is 43.8 Å². The van der Waals surface area contributed by atoms with E-state index in [1.165, 1.54) is 0 Å². The van der Waals surface area contributed by atoms with Crippen LogP contribution in [-0.4, -0.2) is 9.78 Å². The Morgan fingerprint density at radius 3 is 2.47 bits per heavy atom. The molecule has 0 aliphatic heterocycles. The lowest BCUT2D eigenvalue weighted by Crippen LogP contribution is -1.95. The fourth-order valence-corrected chi connectivity index (χ4v) is 2.06. The van der Waals surface area contributed by atoms with E-state index in [2.05, 4.69) is 21.0 Å². The number of nitrogens with zero attached hydrogens (tertiary/aromatic N) is 2. The standard InChI is InChI=1S/C11H12BrN3/c1-15-7-10(12)11(14-15)9-4-2-8(6-13)3-5-9/h2-5,7H,6,13H2,1H3. The third-order valence-corrected chi connectivity index (χ3v) is 2.83. The van der Waals surface area contributed by atoms with Crippen LogP contribution >= 0.6 is 15.9 Å². The smallest absolute Gasteiger partial charge is 0.106 e. The first-order valence-corrected chi connectivity index (χ1v) is 5.48. The monoisotopic (exact) mass is 265 g/mol.